The Morgan fingerprint density at radius 1 is 1.20 bits per heavy atom. The predicted molar refractivity (Wildman–Crippen MR) is 77.1 cm³/mol. The van der Waals surface area contributed by atoms with E-state index in [0.717, 1.165) is 5.56 Å². The smallest absolute Gasteiger partial charge is 0.306 e. The third-order valence-corrected chi connectivity index (χ3v) is 4.28. The van der Waals surface area contributed by atoms with Gasteiger partial charge in [0.1, 0.15) is 0 Å². The Bertz CT molecular complexity index is 525. The normalized spacial score (nSPS) is 16.2. The van der Waals surface area contributed by atoms with Crippen LogP contribution in [0.3, 0.4) is 0 Å². The Kier molecular flexibility index (Phi) is 4.89. The summed E-state index contributed by atoms with van der Waals surface area (Å²) in [4.78, 5) is 24.7. The van der Waals surface area contributed by atoms with Gasteiger partial charge in [0.05, 0.1) is 22.4 Å². The molecule has 0 bridgehead atoms. The molecule has 0 aromatic heterocycles. The quantitative estimate of drug-likeness (QED) is 0.933. The van der Waals surface area contributed by atoms with Crippen LogP contribution >= 0.6 is 23.2 Å². The second-order valence-corrected chi connectivity index (χ2v) is 5.73. The zero-order valence-corrected chi connectivity index (χ0v) is 12.3. The number of hydrogen-bond donors (Lipinski definition) is 1. The molecule has 1 aromatic rings. The molecule has 0 radical (unpaired) electrons. The number of rotatable bonds is 3. The number of carbonyl (C=O) groups excluding carboxylic acids is 1. The Morgan fingerprint density at radius 2 is 1.85 bits per heavy atom. The molecule has 2 rings (SSSR count). The fourth-order valence-corrected chi connectivity index (χ4v) is 2.63. The van der Waals surface area contributed by atoms with Crippen molar-refractivity contribution in [2.45, 2.75) is 19.3 Å². The predicted octanol–water partition coefficient (Wildman–Crippen LogP) is 2.86. The fourth-order valence-electron chi connectivity index (χ4n) is 2.31. The lowest BCUT2D eigenvalue weighted by Crippen LogP contribution is -2.40. The molecule has 6 heteroatoms. The molecule has 0 saturated carbocycles. The summed E-state index contributed by atoms with van der Waals surface area (Å²) in [5.74, 6) is -1.11. The van der Waals surface area contributed by atoms with Crippen LogP contribution in [0.4, 0.5) is 0 Å². The van der Waals surface area contributed by atoms with Crippen molar-refractivity contribution in [2.24, 2.45) is 5.92 Å². The molecule has 1 aliphatic heterocycles. The van der Waals surface area contributed by atoms with Crippen LogP contribution in [-0.2, 0) is 16.0 Å². The molecule has 1 aromatic carbocycles. The van der Waals surface area contributed by atoms with Crippen LogP contribution in [0.1, 0.15) is 18.4 Å². The summed E-state index contributed by atoms with van der Waals surface area (Å²) in [6.07, 6.45) is 1.29. The topological polar surface area (TPSA) is 57.6 Å². The van der Waals surface area contributed by atoms with Gasteiger partial charge in [-0.05, 0) is 30.5 Å². The fraction of sp³-hybridized carbons (Fsp3) is 0.429. The Hall–Kier alpha value is -1.26. The Morgan fingerprint density at radius 3 is 2.40 bits per heavy atom. The van der Waals surface area contributed by atoms with Crippen molar-refractivity contribution in [3.8, 4) is 0 Å². The number of halogens is 2. The van der Waals surface area contributed by atoms with Crippen molar-refractivity contribution < 1.29 is 14.7 Å². The minimum absolute atomic E-state index is 0.00720. The second-order valence-electron chi connectivity index (χ2n) is 4.92. The van der Waals surface area contributed by atoms with Gasteiger partial charge in [-0.3, -0.25) is 9.59 Å². The number of hydrogen-bond acceptors (Lipinski definition) is 2. The average molecular weight is 316 g/mol. The van der Waals surface area contributed by atoms with Crippen molar-refractivity contribution in [2.75, 3.05) is 13.1 Å². The first-order valence-corrected chi connectivity index (χ1v) is 7.17. The van der Waals surface area contributed by atoms with Crippen LogP contribution in [0.5, 0.6) is 0 Å². The Labute approximate surface area is 127 Å². The first kappa shape index (κ1) is 15.1. The lowest BCUT2D eigenvalue weighted by molar-refractivity contribution is -0.145. The number of aliphatic carboxylic acids is 1. The molecular weight excluding hydrogens is 301 g/mol. The van der Waals surface area contributed by atoms with Gasteiger partial charge >= 0.3 is 5.97 Å². The van der Waals surface area contributed by atoms with E-state index in [1.165, 1.54) is 0 Å². The summed E-state index contributed by atoms with van der Waals surface area (Å²) in [5.41, 5.74) is 0.810. The maximum absolute atomic E-state index is 12.1. The SMILES string of the molecule is O=C(O)C1CCN(C(=O)Cc2ccc(Cl)c(Cl)c2)CC1. The van der Waals surface area contributed by atoms with E-state index in [-0.39, 0.29) is 18.2 Å². The van der Waals surface area contributed by atoms with Crippen molar-refractivity contribution in [1.29, 1.82) is 0 Å². The van der Waals surface area contributed by atoms with Crippen molar-refractivity contribution in [3.05, 3.63) is 33.8 Å². The van der Waals surface area contributed by atoms with E-state index >= 15 is 0 Å². The van der Waals surface area contributed by atoms with Crippen molar-refractivity contribution in [3.63, 3.8) is 0 Å². The van der Waals surface area contributed by atoms with Crippen molar-refractivity contribution in [1.82, 2.24) is 4.90 Å². The maximum Gasteiger partial charge on any atom is 0.306 e. The largest absolute Gasteiger partial charge is 0.481 e. The molecule has 0 aliphatic carbocycles. The van der Waals surface area contributed by atoms with Gasteiger partial charge in [0.25, 0.3) is 0 Å². The van der Waals surface area contributed by atoms with E-state index in [1.807, 2.05) is 0 Å². The van der Waals surface area contributed by atoms with Gasteiger partial charge in [-0.1, -0.05) is 29.3 Å². The molecule has 0 atom stereocenters. The van der Waals surface area contributed by atoms with Crippen molar-refractivity contribution >= 4 is 35.1 Å². The number of benzene rings is 1. The molecule has 1 amide bonds. The summed E-state index contributed by atoms with van der Waals surface area (Å²) in [5, 5.41) is 9.82. The molecule has 108 valence electrons. The van der Waals surface area contributed by atoms with E-state index in [0.29, 0.717) is 36.0 Å². The molecule has 1 fully saturated rings. The van der Waals surface area contributed by atoms with Crippen LogP contribution in [-0.4, -0.2) is 35.0 Å². The summed E-state index contributed by atoms with van der Waals surface area (Å²) < 4.78 is 0. The molecule has 0 unspecified atom stereocenters. The molecule has 1 heterocycles. The van der Waals surface area contributed by atoms with Gasteiger partial charge < -0.3 is 10.0 Å². The highest BCUT2D eigenvalue weighted by Crippen LogP contribution is 2.23. The van der Waals surface area contributed by atoms with Crippen LogP contribution in [0.2, 0.25) is 10.0 Å². The number of piperidine rings is 1. The van der Waals surface area contributed by atoms with E-state index < -0.39 is 5.97 Å². The monoisotopic (exact) mass is 315 g/mol. The van der Waals surface area contributed by atoms with Gasteiger partial charge in [-0.2, -0.15) is 0 Å². The highest BCUT2D eigenvalue weighted by molar-refractivity contribution is 6.42. The van der Waals surface area contributed by atoms with Gasteiger partial charge in [-0.15, -0.1) is 0 Å². The number of nitrogens with zero attached hydrogens (tertiary/aromatic N) is 1. The summed E-state index contributed by atoms with van der Waals surface area (Å²) in [6, 6.07) is 5.13. The van der Waals surface area contributed by atoms with Crippen LogP contribution < -0.4 is 0 Å². The molecule has 1 aliphatic rings. The van der Waals surface area contributed by atoms with Gasteiger partial charge in [0.15, 0.2) is 0 Å². The molecule has 4 nitrogen and oxygen atoms in total. The number of carbonyl (C=O) groups is 2. The van der Waals surface area contributed by atoms with Crippen LogP contribution in [0, 0.1) is 5.92 Å². The van der Waals surface area contributed by atoms with Gasteiger partial charge in [0.2, 0.25) is 5.91 Å². The zero-order valence-electron chi connectivity index (χ0n) is 10.8. The van der Waals surface area contributed by atoms with E-state index in [4.69, 9.17) is 28.3 Å². The van der Waals surface area contributed by atoms with E-state index in [1.54, 1.807) is 23.1 Å². The second kappa shape index (κ2) is 6.46. The summed E-state index contributed by atoms with van der Waals surface area (Å²) in [7, 11) is 0. The first-order valence-electron chi connectivity index (χ1n) is 6.42. The standard InChI is InChI=1S/C14H15Cl2NO3/c15-11-2-1-9(7-12(11)16)8-13(18)17-5-3-10(4-6-17)14(19)20/h1-2,7,10H,3-6,8H2,(H,19,20). The minimum atomic E-state index is -0.776. The number of amides is 1. The highest BCUT2D eigenvalue weighted by atomic mass is 35.5. The molecule has 20 heavy (non-hydrogen) atoms. The molecule has 1 N–H and O–H groups in total. The summed E-state index contributed by atoms with van der Waals surface area (Å²) >= 11 is 11.7. The van der Waals surface area contributed by atoms with Gasteiger partial charge in [-0.25, -0.2) is 0 Å². The average Bonchev–Trinajstić information content (AvgIpc) is 2.43. The van der Waals surface area contributed by atoms with Gasteiger partial charge in [0, 0.05) is 13.1 Å². The lowest BCUT2D eigenvalue weighted by atomic mass is 9.96. The third-order valence-electron chi connectivity index (χ3n) is 3.54. The highest BCUT2D eigenvalue weighted by Gasteiger charge is 2.26. The lowest BCUT2D eigenvalue weighted by Gasteiger charge is -2.30. The van der Waals surface area contributed by atoms with Crippen LogP contribution in [0.15, 0.2) is 18.2 Å². The molecular formula is C14H15Cl2NO3. The number of carboxylic acid groups (broad SMARTS) is 1. The first-order chi connectivity index (χ1) is 9.47. The van der Waals surface area contributed by atoms with E-state index in [9.17, 15) is 9.59 Å². The van der Waals surface area contributed by atoms with Crippen LogP contribution in [0.25, 0.3) is 0 Å². The number of carboxylic acids is 1. The Balaban J connectivity index is 1.92. The third kappa shape index (κ3) is 3.64. The maximum atomic E-state index is 12.1. The zero-order chi connectivity index (χ0) is 14.7. The molecule has 0 spiro atoms. The number of likely N-dealkylation sites (tertiary alicyclic amines) is 1. The van der Waals surface area contributed by atoms with E-state index in [2.05, 4.69) is 0 Å². The summed E-state index contributed by atoms with van der Waals surface area (Å²) in [6.45, 7) is 0.994. The minimum Gasteiger partial charge on any atom is -0.481 e. The molecule has 1 saturated heterocycles.